The van der Waals surface area contributed by atoms with E-state index in [1.165, 1.54) is 0 Å². The van der Waals surface area contributed by atoms with E-state index in [4.69, 9.17) is 5.73 Å². The van der Waals surface area contributed by atoms with Gasteiger partial charge < -0.3 is 10.6 Å². The van der Waals surface area contributed by atoms with Gasteiger partial charge in [-0.15, -0.1) is 0 Å². The SMILES string of the molecule is BC1(N)CCCC2C1CCC(=O)N2C. The highest BCUT2D eigenvalue weighted by Crippen LogP contribution is 2.38. The Bertz CT molecular complexity index is 255. The molecule has 1 saturated heterocycles. The lowest BCUT2D eigenvalue weighted by Gasteiger charge is -2.50. The van der Waals surface area contributed by atoms with Crippen molar-refractivity contribution in [2.75, 3.05) is 7.05 Å². The molecule has 0 aromatic carbocycles. The summed E-state index contributed by atoms with van der Waals surface area (Å²) in [6, 6.07) is 0.403. The van der Waals surface area contributed by atoms with E-state index in [2.05, 4.69) is 7.85 Å². The average molecular weight is 194 g/mol. The Kier molecular flexibility index (Phi) is 2.34. The average Bonchev–Trinajstić information content (AvgIpc) is 2.11. The van der Waals surface area contributed by atoms with Gasteiger partial charge in [-0.3, -0.25) is 4.79 Å². The monoisotopic (exact) mass is 194 g/mol. The molecule has 0 spiro atoms. The highest BCUT2D eigenvalue weighted by atomic mass is 16.2. The first-order valence-corrected chi connectivity index (χ1v) is 5.57. The topological polar surface area (TPSA) is 46.3 Å². The van der Waals surface area contributed by atoms with Gasteiger partial charge in [0.2, 0.25) is 5.91 Å². The third kappa shape index (κ3) is 1.46. The Hall–Kier alpha value is -0.505. The maximum atomic E-state index is 11.5. The molecular weight excluding hydrogens is 175 g/mol. The smallest absolute Gasteiger partial charge is 0.222 e. The minimum Gasteiger partial charge on any atom is -0.342 e. The van der Waals surface area contributed by atoms with Crippen LogP contribution in [0, 0.1) is 5.92 Å². The predicted octanol–water partition coefficient (Wildman–Crippen LogP) is -0.305. The van der Waals surface area contributed by atoms with Crippen LogP contribution in [-0.2, 0) is 4.79 Å². The van der Waals surface area contributed by atoms with Gasteiger partial charge in [0.15, 0.2) is 0 Å². The van der Waals surface area contributed by atoms with Crippen molar-refractivity contribution in [1.29, 1.82) is 0 Å². The summed E-state index contributed by atoms with van der Waals surface area (Å²) in [5.74, 6) is 0.808. The molecule has 2 N–H and O–H groups in total. The minimum absolute atomic E-state index is 0.0577. The molecule has 1 saturated carbocycles. The van der Waals surface area contributed by atoms with Crippen molar-refractivity contribution in [3.63, 3.8) is 0 Å². The second-order valence-electron chi connectivity index (χ2n) is 5.12. The maximum absolute atomic E-state index is 11.5. The number of nitrogens with zero attached hydrogens (tertiary/aromatic N) is 1. The van der Waals surface area contributed by atoms with E-state index in [0.29, 0.717) is 24.3 Å². The Balaban J connectivity index is 2.20. The fourth-order valence-corrected chi connectivity index (χ4v) is 3.14. The second-order valence-corrected chi connectivity index (χ2v) is 5.12. The van der Waals surface area contributed by atoms with Crippen molar-refractivity contribution in [2.45, 2.75) is 43.6 Å². The Morgan fingerprint density at radius 2 is 2.29 bits per heavy atom. The quantitative estimate of drug-likeness (QED) is 0.538. The van der Waals surface area contributed by atoms with Crippen LogP contribution in [0.2, 0.25) is 0 Å². The van der Waals surface area contributed by atoms with Crippen LogP contribution in [0.5, 0.6) is 0 Å². The van der Waals surface area contributed by atoms with E-state index in [1.807, 2.05) is 11.9 Å². The lowest BCUT2D eigenvalue weighted by atomic mass is 9.57. The maximum Gasteiger partial charge on any atom is 0.222 e. The summed E-state index contributed by atoms with van der Waals surface area (Å²) in [4.78, 5) is 13.5. The van der Waals surface area contributed by atoms with Crippen molar-refractivity contribution in [1.82, 2.24) is 4.90 Å². The van der Waals surface area contributed by atoms with Gasteiger partial charge >= 0.3 is 0 Å². The van der Waals surface area contributed by atoms with Crippen molar-refractivity contribution in [3.8, 4) is 0 Å². The van der Waals surface area contributed by atoms with Crippen LogP contribution in [0.3, 0.4) is 0 Å². The summed E-state index contributed by atoms with van der Waals surface area (Å²) < 4.78 is 0. The zero-order valence-electron chi connectivity index (χ0n) is 9.12. The van der Waals surface area contributed by atoms with Crippen LogP contribution in [0.25, 0.3) is 0 Å². The highest BCUT2D eigenvalue weighted by Gasteiger charge is 2.44. The van der Waals surface area contributed by atoms with Crippen LogP contribution in [0.1, 0.15) is 32.1 Å². The van der Waals surface area contributed by atoms with E-state index in [1.54, 1.807) is 0 Å². The number of rotatable bonds is 0. The summed E-state index contributed by atoms with van der Waals surface area (Å²) in [6.45, 7) is 0. The molecule has 14 heavy (non-hydrogen) atoms. The summed E-state index contributed by atoms with van der Waals surface area (Å²) >= 11 is 0. The third-order valence-electron chi connectivity index (χ3n) is 4.09. The number of carbonyl (C=O) groups is 1. The van der Waals surface area contributed by atoms with Crippen LogP contribution < -0.4 is 5.73 Å². The van der Waals surface area contributed by atoms with Crippen LogP contribution >= 0.6 is 0 Å². The zero-order chi connectivity index (χ0) is 10.3. The molecule has 0 aromatic heterocycles. The molecule has 0 bridgehead atoms. The lowest BCUT2D eigenvalue weighted by molar-refractivity contribution is -0.138. The van der Waals surface area contributed by atoms with Crippen LogP contribution in [0.15, 0.2) is 0 Å². The zero-order valence-corrected chi connectivity index (χ0v) is 9.12. The van der Waals surface area contributed by atoms with Crippen molar-refractivity contribution in [3.05, 3.63) is 0 Å². The van der Waals surface area contributed by atoms with Crippen LogP contribution in [-0.4, -0.2) is 37.2 Å². The molecule has 3 unspecified atom stereocenters. The first-order valence-electron chi connectivity index (χ1n) is 5.57. The van der Waals surface area contributed by atoms with E-state index < -0.39 is 0 Å². The van der Waals surface area contributed by atoms with Crippen molar-refractivity contribution < 1.29 is 4.79 Å². The van der Waals surface area contributed by atoms with E-state index in [0.717, 1.165) is 25.7 Å². The van der Waals surface area contributed by atoms with Crippen LogP contribution in [0.4, 0.5) is 0 Å². The summed E-state index contributed by atoms with van der Waals surface area (Å²) in [6.07, 6.45) is 5.08. The first-order chi connectivity index (χ1) is 6.52. The number of likely N-dealkylation sites (tertiary alicyclic amines) is 1. The number of hydrogen-bond acceptors (Lipinski definition) is 2. The Morgan fingerprint density at radius 1 is 1.57 bits per heavy atom. The molecule has 0 radical (unpaired) electrons. The predicted molar refractivity (Wildman–Crippen MR) is 58.6 cm³/mol. The van der Waals surface area contributed by atoms with Gasteiger partial charge in [0, 0.05) is 19.5 Å². The normalized spacial score (nSPS) is 43.6. The molecule has 0 aromatic rings. The Morgan fingerprint density at radius 3 is 3.00 bits per heavy atom. The van der Waals surface area contributed by atoms with Gasteiger partial charge in [-0.25, -0.2) is 0 Å². The summed E-state index contributed by atoms with van der Waals surface area (Å²) in [7, 11) is 4.08. The number of nitrogens with two attached hydrogens (primary N) is 1. The fourth-order valence-electron chi connectivity index (χ4n) is 3.14. The van der Waals surface area contributed by atoms with E-state index >= 15 is 0 Å². The van der Waals surface area contributed by atoms with Gasteiger partial charge in [0.05, 0.1) is 0 Å². The van der Waals surface area contributed by atoms with Gasteiger partial charge in [-0.05, 0) is 30.6 Å². The minimum atomic E-state index is -0.0577. The molecule has 3 nitrogen and oxygen atoms in total. The van der Waals surface area contributed by atoms with Gasteiger partial charge in [0.1, 0.15) is 7.85 Å². The second kappa shape index (κ2) is 3.26. The molecule has 2 rings (SSSR count). The molecule has 1 aliphatic heterocycles. The van der Waals surface area contributed by atoms with E-state index in [-0.39, 0.29) is 5.44 Å². The number of hydrogen-bond donors (Lipinski definition) is 1. The lowest BCUT2D eigenvalue weighted by Crippen LogP contribution is -2.61. The third-order valence-corrected chi connectivity index (χ3v) is 4.09. The van der Waals surface area contributed by atoms with Crippen molar-refractivity contribution in [2.24, 2.45) is 11.7 Å². The Labute approximate surface area is 86.4 Å². The summed E-state index contributed by atoms with van der Waals surface area (Å²) in [5, 5.41) is 0. The largest absolute Gasteiger partial charge is 0.342 e. The standard InChI is InChI=1S/C10H19BN2O/c1-13-8-3-2-6-10(11,12)7(8)4-5-9(13)14/h7-8H,2-6,11-12H2,1H3. The molecule has 78 valence electrons. The molecular formula is C10H19BN2O. The molecule has 1 amide bonds. The molecule has 1 aliphatic carbocycles. The number of carbonyl (C=O) groups excluding carboxylic acids is 1. The first kappa shape index (κ1) is 10.0. The molecule has 2 fully saturated rings. The number of piperidine rings is 1. The molecule has 2 aliphatic rings. The highest BCUT2D eigenvalue weighted by molar-refractivity contribution is 6.15. The van der Waals surface area contributed by atoms with Gasteiger partial charge in [-0.1, -0.05) is 6.42 Å². The summed E-state index contributed by atoms with van der Waals surface area (Å²) in [5.41, 5.74) is 6.24. The molecule has 3 atom stereocenters. The van der Waals surface area contributed by atoms with E-state index in [9.17, 15) is 4.79 Å². The fraction of sp³-hybridized carbons (Fsp3) is 0.900. The van der Waals surface area contributed by atoms with Gasteiger partial charge in [0.25, 0.3) is 0 Å². The molecule has 4 heteroatoms. The van der Waals surface area contributed by atoms with Crippen molar-refractivity contribution >= 4 is 13.8 Å². The molecule has 1 heterocycles. The number of fused-ring (bicyclic) bond motifs is 1. The number of amides is 1. The van der Waals surface area contributed by atoms with Gasteiger partial charge in [-0.2, -0.15) is 0 Å².